The minimum atomic E-state index is -1.04. The molecule has 4 atom stereocenters. The zero-order valence-corrected chi connectivity index (χ0v) is 17.9. The summed E-state index contributed by atoms with van der Waals surface area (Å²) < 4.78 is 10.6. The van der Waals surface area contributed by atoms with Gasteiger partial charge in [-0.1, -0.05) is 83.3 Å². The first-order chi connectivity index (χ1) is 13.7. The molecule has 28 heavy (non-hydrogen) atoms. The molecule has 1 aliphatic rings. The van der Waals surface area contributed by atoms with E-state index in [1.54, 1.807) is 0 Å². The van der Waals surface area contributed by atoms with E-state index in [0.29, 0.717) is 6.61 Å². The highest BCUT2D eigenvalue weighted by Crippen LogP contribution is 2.18. The first-order valence-corrected chi connectivity index (χ1v) is 11.5. The average molecular weight is 401 g/mol. The van der Waals surface area contributed by atoms with Crippen LogP contribution in [0.3, 0.4) is 0 Å². The molecule has 1 aliphatic heterocycles. The third kappa shape index (κ3) is 12.2. The van der Waals surface area contributed by atoms with Gasteiger partial charge in [-0.15, -0.1) is 0 Å². The maximum atomic E-state index is 9.92. The molecule has 1 rings (SSSR count). The number of unbranched alkanes of at least 4 members (excludes halogenated alkanes) is 11. The van der Waals surface area contributed by atoms with E-state index in [0.717, 1.165) is 12.8 Å². The van der Waals surface area contributed by atoms with Crippen LogP contribution in [0.5, 0.6) is 0 Å². The van der Waals surface area contributed by atoms with Crippen LogP contribution in [0.25, 0.3) is 0 Å². The van der Waals surface area contributed by atoms with Crippen molar-refractivity contribution in [3.05, 3.63) is 12.2 Å². The van der Waals surface area contributed by atoms with Gasteiger partial charge < -0.3 is 24.8 Å². The standard InChI is InChI=1S/C23H44O5/c1-2-3-4-5-6-7-8-9-10-11-12-13-14-15-16-17-27-18-21(25)23-22(26)20(24)19-28-23/h14-15,20-26H,2-13,16-19H2,1H3/b15-14+/t20-,21+,22-,23-/m1/s1. The smallest absolute Gasteiger partial charge is 0.114 e. The Morgan fingerprint density at radius 1 is 0.893 bits per heavy atom. The van der Waals surface area contributed by atoms with Crippen molar-refractivity contribution in [2.75, 3.05) is 19.8 Å². The summed E-state index contributed by atoms with van der Waals surface area (Å²) in [4.78, 5) is 0. The lowest BCUT2D eigenvalue weighted by atomic mass is 10.1. The van der Waals surface area contributed by atoms with Crippen LogP contribution in [-0.4, -0.2) is 59.6 Å². The van der Waals surface area contributed by atoms with Gasteiger partial charge in [-0.3, -0.25) is 0 Å². The monoisotopic (exact) mass is 400 g/mol. The fraction of sp³-hybridized carbons (Fsp3) is 0.913. The molecule has 0 amide bonds. The lowest BCUT2D eigenvalue weighted by molar-refractivity contribution is -0.0806. The molecule has 0 aromatic rings. The zero-order chi connectivity index (χ0) is 20.5. The van der Waals surface area contributed by atoms with Gasteiger partial charge in [0.1, 0.15) is 24.4 Å². The lowest BCUT2D eigenvalue weighted by Gasteiger charge is -2.20. The van der Waals surface area contributed by atoms with Crippen molar-refractivity contribution in [3.8, 4) is 0 Å². The van der Waals surface area contributed by atoms with Gasteiger partial charge in [0.05, 0.1) is 19.8 Å². The van der Waals surface area contributed by atoms with Crippen LogP contribution in [0.1, 0.15) is 90.4 Å². The molecule has 0 saturated carbocycles. The van der Waals surface area contributed by atoms with Gasteiger partial charge in [0.15, 0.2) is 0 Å². The molecule has 0 spiro atoms. The van der Waals surface area contributed by atoms with E-state index in [9.17, 15) is 15.3 Å². The maximum absolute atomic E-state index is 9.92. The summed E-state index contributed by atoms with van der Waals surface area (Å²) in [6, 6.07) is 0. The summed E-state index contributed by atoms with van der Waals surface area (Å²) in [7, 11) is 0. The summed E-state index contributed by atoms with van der Waals surface area (Å²) in [5, 5.41) is 29.0. The SMILES string of the molecule is CCCCCCCCCCCCC/C=C/CCOC[C@H](O)[C@H]1OC[C@@H](O)[C@H]1O. The highest BCUT2D eigenvalue weighted by atomic mass is 16.5. The molecule has 0 aromatic heterocycles. The van der Waals surface area contributed by atoms with Crippen molar-refractivity contribution >= 4 is 0 Å². The predicted octanol–water partition coefficient (Wildman–Crippen LogP) is 4.13. The second-order valence-electron chi connectivity index (χ2n) is 8.08. The minimum Gasteiger partial charge on any atom is -0.388 e. The Morgan fingerprint density at radius 3 is 2.04 bits per heavy atom. The van der Waals surface area contributed by atoms with E-state index >= 15 is 0 Å². The van der Waals surface area contributed by atoms with Gasteiger partial charge in [0, 0.05) is 0 Å². The molecule has 1 saturated heterocycles. The van der Waals surface area contributed by atoms with Crippen LogP contribution < -0.4 is 0 Å². The Hall–Kier alpha value is -0.460. The Labute approximate surface area is 172 Å². The highest BCUT2D eigenvalue weighted by molar-refractivity contribution is 4.88. The molecule has 0 bridgehead atoms. The summed E-state index contributed by atoms with van der Waals surface area (Å²) in [5.41, 5.74) is 0. The van der Waals surface area contributed by atoms with Crippen LogP contribution in [-0.2, 0) is 9.47 Å². The summed E-state index contributed by atoms with van der Waals surface area (Å²) in [6.45, 7) is 2.98. The number of hydrogen-bond acceptors (Lipinski definition) is 5. The van der Waals surface area contributed by atoms with E-state index in [1.165, 1.54) is 70.6 Å². The number of hydrogen-bond donors (Lipinski definition) is 3. The van der Waals surface area contributed by atoms with Crippen molar-refractivity contribution in [1.82, 2.24) is 0 Å². The van der Waals surface area contributed by atoms with Crippen molar-refractivity contribution in [3.63, 3.8) is 0 Å². The first-order valence-electron chi connectivity index (χ1n) is 11.5. The quantitative estimate of drug-likeness (QED) is 0.238. The molecule has 5 heteroatoms. The van der Waals surface area contributed by atoms with Gasteiger partial charge in [-0.05, 0) is 19.3 Å². The van der Waals surface area contributed by atoms with Crippen LogP contribution in [0.15, 0.2) is 12.2 Å². The van der Waals surface area contributed by atoms with Crippen LogP contribution in [0.2, 0.25) is 0 Å². The van der Waals surface area contributed by atoms with Crippen molar-refractivity contribution in [1.29, 1.82) is 0 Å². The molecular weight excluding hydrogens is 356 g/mol. The van der Waals surface area contributed by atoms with E-state index in [2.05, 4.69) is 19.1 Å². The molecule has 0 aliphatic carbocycles. The Bertz CT molecular complexity index is 374. The Balaban J connectivity index is 1.81. The molecule has 5 nitrogen and oxygen atoms in total. The Morgan fingerprint density at radius 2 is 1.46 bits per heavy atom. The number of ether oxygens (including phenoxy) is 2. The van der Waals surface area contributed by atoms with Crippen LogP contribution >= 0.6 is 0 Å². The number of rotatable bonds is 18. The van der Waals surface area contributed by atoms with Crippen molar-refractivity contribution in [2.24, 2.45) is 0 Å². The summed E-state index contributed by atoms with van der Waals surface area (Å²) >= 11 is 0. The number of allylic oxidation sites excluding steroid dienone is 1. The second-order valence-corrected chi connectivity index (χ2v) is 8.08. The number of aliphatic hydroxyl groups excluding tert-OH is 3. The maximum Gasteiger partial charge on any atom is 0.114 e. The van der Waals surface area contributed by atoms with E-state index in [-0.39, 0.29) is 13.2 Å². The van der Waals surface area contributed by atoms with Crippen LogP contribution in [0.4, 0.5) is 0 Å². The van der Waals surface area contributed by atoms with Gasteiger partial charge in [0.2, 0.25) is 0 Å². The third-order valence-electron chi connectivity index (χ3n) is 5.43. The summed E-state index contributed by atoms with van der Waals surface area (Å²) in [5.74, 6) is 0. The fourth-order valence-corrected chi connectivity index (χ4v) is 3.58. The normalized spacial score (nSPS) is 23.6. The van der Waals surface area contributed by atoms with Gasteiger partial charge in [0.25, 0.3) is 0 Å². The molecular formula is C23H44O5. The molecule has 1 heterocycles. The van der Waals surface area contributed by atoms with Gasteiger partial charge in [-0.25, -0.2) is 0 Å². The van der Waals surface area contributed by atoms with Crippen molar-refractivity contribution < 1.29 is 24.8 Å². The topological polar surface area (TPSA) is 79.2 Å². The van der Waals surface area contributed by atoms with Gasteiger partial charge in [-0.2, -0.15) is 0 Å². The fourth-order valence-electron chi connectivity index (χ4n) is 3.58. The average Bonchev–Trinajstić information content (AvgIpc) is 3.03. The largest absolute Gasteiger partial charge is 0.388 e. The second kappa shape index (κ2) is 17.4. The van der Waals surface area contributed by atoms with Crippen LogP contribution in [0, 0.1) is 0 Å². The van der Waals surface area contributed by atoms with E-state index < -0.39 is 24.4 Å². The molecule has 0 radical (unpaired) electrons. The van der Waals surface area contributed by atoms with E-state index in [4.69, 9.17) is 9.47 Å². The zero-order valence-electron chi connectivity index (χ0n) is 17.9. The first kappa shape index (κ1) is 25.6. The molecule has 166 valence electrons. The molecule has 1 fully saturated rings. The van der Waals surface area contributed by atoms with E-state index in [1.807, 2.05) is 0 Å². The molecule has 0 aromatic carbocycles. The lowest BCUT2D eigenvalue weighted by Crippen LogP contribution is -2.40. The van der Waals surface area contributed by atoms with Crippen molar-refractivity contribution in [2.45, 2.75) is 115 Å². The molecule has 3 N–H and O–H groups in total. The predicted molar refractivity (Wildman–Crippen MR) is 113 cm³/mol. The molecule has 0 unspecified atom stereocenters. The Kier molecular flexibility index (Phi) is 15.9. The minimum absolute atomic E-state index is 0.0602. The van der Waals surface area contributed by atoms with Gasteiger partial charge >= 0.3 is 0 Å². The highest BCUT2D eigenvalue weighted by Gasteiger charge is 2.39. The number of aliphatic hydroxyl groups is 3. The third-order valence-corrected chi connectivity index (χ3v) is 5.43. The summed E-state index contributed by atoms with van der Waals surface area (Å²) in [6.07, 6.45) is 17.8.